The van der Waals surface area contributed by atoms with Crippen molar-refractivity contribution in [2.24, 2.45) is 51.2 Å². The van der Waals surface area contributed by atoms with Gasteiger partial charge in [-0.2, -0.15) is 0 Å². The first-order chi connectivity index (χ1) is 12.0. The highest BCUT2D eigenvalue weighted by Crippen LogP contribution is 2.74. The van der Waals surface area contributed by atoms with Gasteiger partial charge in [0.1, 0.15) is 0 Å². The first-order valence-electron chi connectivity index (χ1n) is 11.5. The highest BCUT2D eigenvalue weighted by molar-refractivity contribution is 5.37. The van der Waals surface area contributed by atoms with Crippen molar-refractivity contribution in [1.82, 2.24) is 0 Å². The summed E-state index contributed by atoms with van der Waals surface area (Å²) in [4.78, 5) is 0. The van der Waals surface area contributed by atoms with E-state index >= 15 is 0 Å². The topological polar surface area (TPSA) is 20.2 Å². The van der Waals surface area contributed by atoms with Crippen molar-refractivity contribution < 1.29 is 5.11 Å². The summed E-state index contributed by atoms with van der Waals surface area (Å²) in [5, 5.41) is 11.4. The third-order valence-corrected chi connectivity index (χ3v) is 11.0. The molecular weight excluding hydrogens is 316 g/mol. The molecule has 0 radical (unpaired) electrons. The minimum Gasteiger partial charge on any atom is -0.392 e. The number of rotatable bonds is 0. The predicted octanol–water partition coefficient (Wildman–Crippen LogP) is 6.22. The summed E-state index contributed by atoms with van der Waals surface area (Å²) in [6.45, 7) is 15.1. The largest absolute Gasteiger partial charge is 0.392 e. The van der Waals surface area contributed by atoms with E-state index in [1.54, 1.807) is 5.57 Å². The van der Waals surface area contributed by atoms with Crippen LogP contribution in [0.3, 0.4) is 0 Å². The molecule has 0 aromatic heterocycles. The van der Waals surface area contributed by atoms with Gasteiger partial charge in [-0.15, -0.1) is 0 Å². The van der Waals surface area contributed by atoms with Gasteiger partial charge in [-0.25, -0.2) is 0 Å². The second kappa shape index (κ2) is 5.00. The molecule has 0 aromatic carbocycles. The van der Waals surface area contributed by atoms with E-state index in [-0.39, 0.29) is 11.5 Å². The van der Waals surface area contributed by atoms with Crippen molar-refractivity contribution in [1.29, 1.82) is 0 Å². The second-order valence-electron chi connectivity index (χ2n) is 12.5. The molecule has 9 atom stereocenters. The lowest BCUT2D eigenvalue weighted by Crippen LogP contribution is -2.55. The van der Waals surface area contributed by atoms with Crippen LogP contribution in [0.25, 0.3) is 0 Å². The van der Waals surface area contributed by atoms with E-state index in [2.05, 4.69) is 47.6 Å². The summed E-state index contributed by atoms with van der Waals surface area (Å²) in [7, 11) is 0. The first kappa shape index (κ1) is 17.8. The van der Waals surface area contributed by atoms with Crippen molar-refractivity contribution in [2.75, 3.05) is 0 Å². The molecule has 0 aromatic rings. The molecule has 0 amide bonds. The fraction of sp³-hybridized carbons (Fsp3) is 0.920. The van der Waals surface area contributed by atoms with E-state index in [1.807, 2.05) is 0 Å². The smallest absolute Gasteiger partial charge is 0.0636 e. The minimum atomic E-state index is -0.153. The van der Waals surface area contributed by atoms with Gasteiger partial charge in [0.25, 0.3) is 0 Å². The van der Waals surface area contributed by atoms with Gasteiger partial charge in [0.15, 0.2) is 0 Å². The van der Waals surface area contributed by atoms with Crippen molar-refractivity contribution in [3.05, 3.63) is 11.6 Å². The fourth-order valence-electron chi connectivity index (χ4n) is 9.44. The second-order valence-corrected chi connectivity index (χ2v) is 12.5. The van der Waals surface area contributed by atoms with Crippen LogP contribution in [0.2, 0.25) is 0 Å². The molecular formula is C25H40O. The van der Waals surface area contributed by atoms with Crippen LogP contribution in [0.15, 0.2) is 11.6 Å². The van der Waals surface area contributed by atoms with Crippen LogP contribution in [-0.4, -0.2) is 11.2 Å². The van der Waals surface area contributed by atoms with Crippen LogP contribution in [0.1, 0.15) is 86.5 Å². The zero-order valence-corrected chi connectivity index (χ0v) is 17.9. The van der Waals surface area contributed by atoms with Crippen molar-refractivity contribution in [2.45, 2.75) is 92.6 Å². The normalized spacial score (nSPS) is 60.0. The maximum atomic E-state index is 11.4. The molecule has 146 valence electrons. The Morgan fingerprint density at radius 1 is 0.962 bits per heavy atom. The Morgan fingerprint density at radius 3 is 2.38 bits per heavy atom. The zero-order valence-electron chi connectivity index (χ0n) is 17.9. The van der Waals surface area contributed by atoms with Crippen molar-refractivity contribution >= 4 is 0 Å². The standard InChI is InChI=1S/C25H40O/c1-15-7-8-16-9-10-17-18(25(15,16)6)13-24(5)19(26)14-23(4)12-11-22(2,3)21(23)20(17)24/h13,15-17,19-21,26H,7-12,14H2,1-6H3/t15-,16+,17+,19+,20?,21-,23-,24-,25+/m0/s1. The molecule has 4 saturated carbocycles. The highest BCUT2D eigenvalue weighted by Gasteiger charge is 2.68. The Kier molecular flexibility index (Phi) is 3.42. The number of allylic oxidation sites excluding steroid dienone is 1. The molecule has 0 saturated heterocycles. The fourth-order valence-corrected chi connectivity index (χ4v) is 9.44. The van der Waals surface area contributed by atoms with Gasteiger partial charge in [-0.3, -0.25) is 0 Å². The average molecular weight is 357 g/mol. The summed E-state index contributed by atoms with van der Waals surface area (Å²) in [5.74, 6) is 3.86. The molecule has 1 N–H and O–H groups in total. The third-order valence-electron chi connectivity index (χ3n) is 11.0. The van der Waals surface area contributed by atoms with Gasteiger partial charge in [-0.1, -0.05) is 53.2 Å². The van der Waals surface area contributed by atoms with Crippen LogP contribution in [0.4, 0.5) is 0 Å². The van der Waals surface area contributed by atoms with Crippen LogP contribution < -0.4 is 0 Å². The Balaban J connectivity index is 1.65. The summed E-state index contributed by atoms with van der Waals surface area (Å²) in [5.41, 5.74) is 2.96. The van der Waals surface area contributed by atoms with Crippen LogP contribution in [0.5, 0.6) is 0 Å². The monoisotopic (exact) mass is 356 g/mol. The van der Waals surface area contributed by atoms with E-state index < -0.39 is 0 Å². The van der Waals surface area contributed by atoms with E-state index in [4.69, 9.17) is 0 Å². The maximum absolute atomic E-state index is 11.4. The molecule has 1 nitrogen and oxygen atoms in total. The van der Waals surface area contributed by atoms with Gasteiger partial charge in [0.05, 0.1) is 6.10 Å². The van der Waals surface area contributed by atoms with E-state index in [9.17, 15) is 5.11 Å². The predicted molar refractivity (Wildman–Crippen MR) is 108 cm³/mol. The Labute approximate surface area is 161 Å². The molecule has 5 rings (SSSR count). The number of aliphatic hydroxyl groups is 1. The summed E-state index contributed by atoms with van der Waals surface area (Å²) >= 11 is 0. The lowest BCUT2D eigenvalue weighted by molar-refractivity contribution is -0.126. The molecule has 1 heteroatoms. The molecule has 1 unspecified atom stereocenters. The van der Waals surface area contributed by atoms with Gasteiger partial charge in [0.2, 0.25) is 0 Å². The summed E-state index contributed by atoms with van der Waals surface area (Å²) in [6.07, 6.45) is 11.8. The zero-order chi connectivity index (χ0) is 18.7. The SMILES string of the molecule is C[C@H]1CC[C@@H]2CC[C@@H]3C(=C[C@]4(C)C3[C@H]3C(C)(C)CC[C@@]3(C)C[C@H]4O)[C@@]21C. The van der Waals surface area contributed by atoms with Gasteiger partial charge >= 0.3 is 0 Å². The molecule has 26 heavy (non-hydrogen) atoms. The quantitative estimate of drug-likeness (QED) is 0.511. The Hall–Kier alpha value is -0.300. The molecule has 4 fully saturated rings. The van der Waals surface area contributed by atoms with Crippen LogP contribution in [0, 0.1) is 51.2 Å². The number of hydrogen-bond donors (Lipinski definition) is 1. The summed E-state index contributed by atoms with van der Waals surface area (Å²) in [6, 6.07) is 0. The van der Waals surface area contributed by atoms with Gasteiger partial charge in [0, 0.05) is 5.41 Å². The van der Waals surface area contributed by atoms with Crippen molar-refractivity contribution in [3.8, 4) is 0 Å². The number of hydrogen-bond acceptors (Lipinski definition) is 1. The van der Waals surface area contributed by atoms with E-state index in [0.717, 1.165) is 30.1 Å². The van der Waals surface area contributed by atoms with E-state index in [0.29, 0.717) is 22.2 Å². The molecule has 0 aliphatic heterocycles. The number of fused-ring (bicyclic) bond motifs is 7. The lowest BCUT2D eigenvalue weighted by atomic mass is 9.47. The molecule has 0 spiro atoms. The van der Waals surface area contributed by atoms with Gasteiger partial charge in [-0.05, 0) is 90.8 Å². The van der Waals surface area contributed by atoms with Gasteiger partial charge < -0.3 is 5.11 Å². The average Bonchev–Trinajstić information content (AvgIpc) is 3.11. The third kappa shape index (κ3) is 1.88. The molecule has 5 aliphatic rings. The molecule has 0 bridgehead atoms. The molecule has 0 heterocycles. The maximum Gasteiger partial charge on any atom is 0.0636 e. The minimum absolute atomic E-state index is 0.00595. The number of aliphatic hydroxyl groups excluding tert-OH is 1. The molecule has 5 aliphatic carbocycles. The Morgan fingerprint density at radius 2 is 1.65 bits per heavy atom. The lowest BCUT2D eigenvalue weighted by Gasteiger charge is -2.57. The summed E-state index contributed by atoms with van der Waals surface area (Å²) < 4.78 is 0. The Bertz CT molecular complexity index is 661. The van der Waals surface area contributed by atoms with E-state index in [1.165, 1.54) is 38.5 Å². The van der Waals surface area contributed by atoms with Crippen molar-refractivity contribution in [3.63, 3.8) is 0 Å². The van der Waals surface area contributed by atoms with Crippen LogP contribution >= 0.6 is 0 Å². The first-order valence-corrected chi connectivity index (χ1v) is 11.5. The van der Waals surface area contributed by atoms with Crippen LogP contribution in [-0.2, 0) is 0 Å². The highest BCUT2D eigenvalue weighted by atomic mass is 16.3.